The van der Waals surface area contributed by atoms with Crippen molar-refractivity contribution in [1.82, 2.24) is 0 Å². The van der Waals surface area contributed by atoms with Gasteiger partial charge in [-0.05, 0) is 51.4 Å². The summed E-state index contributed by atoms with van der Waals surface area (Å²) < 4.78 is 22.1. The van der Waals surface area contributed by atoms with Gasteiger partial charge >= 0.3 is 11.9 Å². The molecule has 0 aromatic carbocycles. The van der Waals surface area contributed by atoms with Gasteiger partial charge in [0.1, 0.15) is 31.0 Å². The molecule has 6 unspecified atom stereocenters. The van der Waals surface area contributed by atoms with Crippen LogP contribution in [0.1, 0.15) is 168 Å². The largest absolute Gasteiger partial charge is 0.462 e. The molecule has 1 heterocycles. The molecule has 0 amide bonds. The second kappa shape index (κ2) is 34.4. The van der Waals surface area contributed by atoms with E-state index in [0.717, 1.165) is 70.6 Å². The summed E-state index contributed by atoms with van der Waals surface area (Å²) >= 11 is 0. The number of rotatable bonds is 34. The van der Waals surface area contributed by atoms with Gasteiger partial charge in [-0.3, -0.25) is 9.59 Å². The van der Waals surface area contributed by atoms with Gasteiger partial charge in [-0.2, -0.15) is 0 Å². The molecule has 1 fully saturated rings. The molecule has 10 heteroatoms. The van der Waals surface area contributed by atoms with Gasteiger partial charge in [-0.25, -0.2) is 0 Å². The second-order valence-corrected chi connectivity index (χ2v) is 14.4. The smallest absolute Gasteiger partial charge is 0.306 e. The lowest BCUT2D eigenvalue weighted by Gasteiger charge is -2.39. The van der Waals surface area contributed by atoms with Crippen LogP contribution in [0.4, 0.5) is 0 Å². The predicted octanol–water partition coefficient (Wildman–Crippen LogP) is 8.33. The van der Waals surface area contributed by atoms with Gasteiger partial charge < -0.3 is 39.4 Å². The van der Waals surface area contributed by atoms with Crippen molar-refractivity contribution in [2.24, 2.45) is 0 Å². The van der Waals surface area contributed by atoms with Gasteiger partial charge in [0, 0.05) is 12.8 Å². The van der Waals surface area contributed by atoms with Crippen molar-refractivity contribution in [3.63, 3.8) is 0 Å². The molecule has 0 radical (unpaired) electrons. The zero-order valence-electron chi connectivity index (χ0n) is 33.3. The van der Waals surface area contributed by atoms with Crippen LogP contribution in [0.2, 0.25) is 0 Å². The molecule has 0 aromatic heterocycles. The van der Waals surface area contributed by atoms with Crippen molar-refractivity contribution in [2.75, 3.05) is 19.8 Å². The normalized spacial score (nSPS) is 21.2. The van der Waals surface area contributed by atoms with E-state index in [1.165, 1.54) is 64.2 Å². The Morgan fingerprint density at radius 3 is 1.62 bits per heavy atom. The summed E-state index contributed by atoms with van der Waals surface area (Å²) in [7, 11) is 0. The van der Waals surface area contributed by atoms with E-state index >= 15 is 0 Å². The molecule has 1 rings (SSSR count). The first-order chi connectivity index (χ1) is 25.8. The Labute approximate surface area is 321 Å². The maximum absolute atomic E-state index is 12.7. The van der Waals surface area contributed by atoms with Crippen molar-refractivity contribution < 1.29 is 49.0 Å². The minimum absolute atomic E-state index is 0.216. The topological polar surface area (TPSA) is 152 Å². The lowest BCUT2D eigenvalue weighted by molar-refractivity contribution is -0.305. The number of carbonyl (C=O) groups excluding carboxylic acids is 2. The summed E-state index contributed by atoms with van der Waals surface area (Å²) in [6, 6.07) is 0. The number of aliphatic hydroxyl groups excluding tert-OH is 4. The third kappa shape index (κ3) is 26.4. The first-order valence-corrected chi connectivity index (χ1v) is 21.1. The van der Waals surface area contributed by atoms with E-state index in [2.05, 4.69) is 50.3 Å². The number of hydrogen-bond acceptors (Lipinski definition) is 10. The summed E-state index contributed by atoms with van der Waals surface area (Å²) in [4.78, 5) is 25.2. The first-order valence-electron chi connectivity index (χ1n) is 21.1. The van der Waals surface area contributed by atoms with Gasteiger partial charge in [0.05, 0.1) is 13.2 Å². The molecule has 53 heavy (non-hydrogen) atoms. The fourth-order valence-electron chi connectivity index (χ4n) is 6.13. The molecule has 6 atom stereocenters. The van der Waals surface area contributed by atoms with E-state index in [0.29, 0.717) is 6.42 Å². The Morgan fingerprint density at radius 1 is 0.585 bits per heavy atom. The predicted molar refractivity (Wildman–Crippen MR) is 210 cm³/mol. The summed E-state index contributed by atoms with van der Waals surface area (Å²) in [6.45, 7) is 3.35. The fraction of sp³-hybridized carbons (Fsp3) is 0.814. The van der Waals surface area contributed by atoms with Crippen LogP contribution in [-0.4, -0.2) is 89.0 Å². The third-order valence-corrected chi connectivity index (χ3v) is 9.53. The number of ether oxygens (including phenoxy) is 4. The van der Waals surface area contributed by atoms with Gasteiger partial charge in [0.2, 0.25) is 0 Å². The van der Waals surface area contributed by atoms with Crippen molar-refractivity contribution in [2.45, 2.75) is 205 Å². The van der Waals surface area contributed by atoms with Gasteiger partial charge in [0.25, 0.3) is 0 Å². The van der Waals surface area contributed by atoms with E-state index in [1.54, 1.807) is 0 Å². The number of allylic oxidation sites excluding steroid dienone is 6. The molecular formula is C43H76O10. The Hall–Kier alpha value is -2.08. The zero-order chi connectivity index (χ0) is 38.8. The molecule has 0 aromatic rings. The van der Waals surface area contributed by atoms with Crippen molar-refractivity contribution >= 4 is 11.9 Å². The van der Waals surface area contributed by atoms with Crippen LogP contribution in [0.5, 0.6) is 0 Å². The molecule has 1 aliphatic rings. The molecule has 4 N–H and O–H groups in total. The SMILES string of the molecule is CCCCC/C=C\C/C=C\C/C=C\CCCCCCCCC(=O)OC(COC(=O)CCCCCCCCCCC)COC1OC(CO)C(O)C(O)C1O. The second-order valence-electron chi connectivity index (χ2n) is 14.4. The summed E-state index contributed by atoms with van der Waals surface area (Å²) in [5.74, 6) is -0.824. The molecule has 0 bridgehead atoms. The van der Waals surface area contributed by atoms with Gasteiger partial charge in [-0.1, -0.05) is 140 Å². The molecular weight excluding hydrogens is 676 g/mol. The van der Waals surface area contributed by atoms with E-state index < -0.39 is 49.4 Å². The van der Waals surface area contributed by atoms with Crippen molar-refractivity contribution in [1.29, 1.82) is 0 Å². The average Bonchev–Trinajstić information content (AvgIpc) is 3.15. The van der Waals surface area contributed by atoms with Crippen LogP contribution < -0.4 is 0 Å². The van der Waals surface area contributed by atoms with Crippen LogP contribution in [0.3, 0.4) is 0 Å². The van der Waals surface area contributed by atoms with Crippen LogP contribution in [0, 0.1) is 0 Å². The zero-order valence-corrected chi connectivity index (χ0v) is 33.3. The van der Waals surface area contributed by atoms with Crippen molar-refractivity contribution in [3.8, 4) is 0 Å². The van der Waals surface area contributed by atoms with Crippen LogP contribution >= 0.6 is 0 Å². The Balaban J connectivity index is 2.34. The number of unbranched alkanes of at least 4 members (excludes halogenated alkanes) is 17. The number of hydrogen-bond donors (Lipinski definition) is 4. The van der Waals surface area contributed by atoms with Gasteiger partial charge in [-0.15, -0.1) is 0 Å². The Kier molecular flexibility index (Phi) is 31.8. The quantitative estimate of drug-likeness (QED) is 0.0287. The standard InChI is InChI=1S/C43H76O10/c1-3-5-7-9-11-13-14-15-16-17-18-19-20-21-22-24-26-28-30-32-39(46)52-36(35-51-43-42(49)41(48)40(47)37(33-44)53-43)34-50-38(45)31-29-27-25-23-12-10-8-6-4-2/h11,13,15-16,18-19,36-37,40-44,47-49H,3-10,12,14,17,20-35H2,1-2H3/b13-11-,16-15-,19-18-. The highest BCUT2D eigenvalue weighted by molar-refractivity contribution is 5.70. The summed E-state index contributed by atoms with van der Waals surface area (Å²) in [6.07, 6.45) is 30.1. The molecule has 0 saturated carbocycles. The van der Waals surface area contributed by atoms with Crippen LogP contribution in [0.25, 0.3) is 0 Å². The number of aliphatic hydroxyl groups is 4. The fourth-order valence-corrected chi connectivity index (χ4v) is 6.13. The Morgan fingerprint density at radius 2 is 1.06 bits per heavy atom. The molecule has 10 nitrogen and oxygen atoms in total. The molecule has 1 saturated heterocycles. The Bertz CT molecular complexity index is 965. The lowest BCUT2D eigenvalue weighted by Crippen LogP contribution is -2.59. The van der Waals surface area contributed by atoms with Crippen LogP contribution in [-0.2, 0) is 28.5 Å². The average molecular weight is 753 g/mol. The lowest BCUT2D eigenvalue weighted by atomic mass is 9.99. The highest BCUT2D eigenvalue weighted by atomic mass is 16.7. The minimum Gasteiger partial charge on any atom is -0.462 e. The van der Waals surface area contributed by atoms with Crippen LogP contribution in [0.15, 0.2) is 36.5 Å². The van der Waals surface area contributed by atoms with Crippen molar-refractivity contribution in [3.05, 3.63) is 36.5 Å². The van der Waals surface area contributed by atoms with E-state index in [1.807, 2.05) is 0 Å². The molecule has 308 valence electrons. The summed E-state index contributed by atoms with van der Waals surface area (Å²) in [5.41, 5.74) is 0. The molecule has 0 aliphatic carbocycles. The molecule has 1 aliphatic heterocycles. The van der Waals surface area contributed by atoms with E-state index in [4.69, 9.17) is 18.9 Å². The van der Waals surface area contributed by atoms with E-state index in [-0.39, 0.29) is 32.0 Å². The monoisotopic (exact) mass is 753 g/mol. The number of carbonyl (C=O) groups is 2. The maximum Gasteiger partial charge on any atom is 0.306 e. The third-order valence-electron chi connectivity index (χ3n) is 9.53. The highest BCUT2D eigenvalue weighted by Crippen LogP contribution is 2.22. The minimum atomic E-state index is -1.60. The highest BCUT2D eigenvalue weighted by Gasteiger charge is 2.44. The first kappa shape index (κ1) is 48.9. The van der Waals surface area contributed by atoms with E-state index in [9.17, 15) is 30.0 Å². The molecule has 0 spiro atoms. The number of esters is 2. The maximum atomic E-state index is 12.7. The van der Waals surface area contributed by atoms with Gasteiger partial charge in [0.15, 0.2) is 12.4 Å². The summed E-state index contributed by atoms with van der Waals surface area (Å²) in [5, 5.41) is 39.9.